The molecule has 1 aliphatic rings. The van der Waals surface area contributed by atoms with Gasteiger partial charge in [-0.1, -0.05) is 12.8 Å². The van der Waals surface area contributed by atoms with E-state index in [0.717, 1.165) is 42.1 Å². The summed E-state index contributed by atoms with van der Waals surface area (Å²) >= 11 is 0. The summed E-state index contributed by atoms with van der Waals surface area (Å²) in [5.41, 5.74) is 0.400. The number of aryl methyl sites for hydroxylation is 1. The van der Waals surface area contributed by atoms with Gasteiger partial charge in [0.2, 0.25) is 0 Å². The second-order valence-corrected chi connectivity index (χ2v) is 8.03. The van der Waals surface area contributed by atoms with Crippen LogP contribution in [0.5, 0.6) is 5.75 Å². The second-order valence-electron chi connectivity index (χ2n) is 6.12. The molecule has 130 valence electrons. The summed E-state index contributed by atoms with van der Waals surface area (Å²) in [6.45, 7) is 1.74. The number of hydrogen-bond acceptors (Lipinski definition) is 4. The molecule has 1 heterocycles. The molecule has 0 atom stereocenters. The molecule has 1 aromatic carbocycles. The predicted octanol–water partition coefficient (Wildman–Crippen LogP) is 2.98. The molecule has 0 unspecified atom stereocenters. The smallest absolute Gasteiger partial charge is 0.281 e. The van der Waals surface area contributed by atoms with Gasteiger partial charge in [0.1, 0.15) is 11.6 Å². The van der Waals surface area contributed by atoms with Crippen LogP contribution in [0, 0.1) is 12.7 Å². The predicted molar refractivity (Wildman–Crippen MR) is 88.1 cm³/mol. The summed E-state index contributed by atoms with van der Waals surface area (Å²) in [7, 11) is -2.72. The Bertz CT molecular complexity index is 857. The van der Waals surface area contributed by atoms with Gasteiger partial charge in [0.05, 0.1) is 17.4 Å². The second kappa shape index (κ2) is 6.08. The number of benzene rings is 1. The quantitative estimate of drug-likeness (QED) is 0.917. The average molecular weight is 353 g/mol. The van der Waals surface area contributed by atoms with Gasteiger partial charge in [-0.2, -0.15) is 13.5 Å². The lowest BCUT2D eigenvalue weighted by atomic mass is 10.3. The van der Waals surface area contributed by atoms with Crippen molar-refractivity contribution in [3.05, 3.63) is 35.8 Å². The number of anilines is 1. The first kappa shape index (κ1) is 16.8. The molecule has 0 saturated heterocycles. The third-order valence-corrected chi connectivity index (χ3v) is 6.14. The lowest BCUT2D eigenvalue weighted by Crippen LogP contribution is -2.30. The minimum absolute atomic E-state index is 0.0471. The lowest BCUT2D eigenvalue weighted by molar-refractivity contribution is 0.425. The number of sulfonamides is 1. The van der Waals surface area contributed by atoms with Gasteiger partial charge in [0, 0.05) is 19.2 Å². The van der Waals surface area contributed by atoms with E-state index in [1.165, 1.54) is 19.2 Å². The maximum absolute atomic E-state index is 14.0. The Morgan fingerprint density at radius 2 is 1.96 bits per heavy atom. The van der Waals surface area contributed by atoms with Crippen molar-refractivity contribution in [3.63, 3.8) is 0 Å². The Morgan fingerprint density at radius 3 is 2.62 bits per heavy atom. The summed E-state index contributed by atoms with van der Waals surface area (Å²) in [6, 6.07) is 4.86. The summed E-state index contributed by atoms with van der Waals surface area (Å²) in [6.07, 6.45) is 3.85. The lowest BCUT2D eigenvalue weighted by Gasteiger charge is -2.22. The van der Waals surface area contributed by atoms with Gasteiger partial charge < -0.3 is 5.11 Å². The van der Waals surface area contributed by atoms with Gasteiger partial charge in [-0.3, -0.25) is 4.31 Å². The number of rotatable bonds is 4. The fraction of sp³-hybridized carbons (Fsp3) is 0.438. The number of aromatic hydroxyl groups is 1. The summed E-state index contributed by atoms with van der Waals surface area (Å²) in [5, 5.41) is 13.9. The molecular formula is C16H20FN3O3S. The SMILES string of the molecule is Cc1cc(S(=O)(=O)N(C)c2cc(O)ccc2F)n(C2CCCC2)n1. The summed E-state index contributed by atoms with van der Waals surface area (Å²) in [5.74, 6) is -0.920. The van der Waals surface area contributed by atoms with Gasteiger partial charge >= 0.3 is 0 Å². The molecule has 0 bridgehead atoms. The minimum atomic E-state index is -4.00. The van der Waals surface area contributed by atoms with Crippen molar-refractivity contribution in [3.8, 4) is 5.75 Å². The van der Waals surface area contributed by atoms with Crippen LogP contribution in [0.25, 0.3) is 0 Å². The van der Waals surface area contributed by atoms with E-state index in [4.69, 9.17) is 0 Å². The van der Waals surface area contributed by atoms with Crippen molar-refractivity contribution in [2.24, 2.45) is 0 Å². The Morgan fingerprint density at radius 1 is 1.29 bits per heavy atom. The molecule has 1 aromatic heterocycles. The molecule has 0 radical (unpaired) electrons. The number of phenolic OH excluding ortho intramolecular Hbond substituents is 1. The first-order chi connectivity index (χ1) is 11.3. The highest BCUT2D eigenvalue weighted by atomic mass is 32.2. The van der Waals surface area contributed by atoms with Crippen LogP contribution in [0.2, 0.25) is 0 Å². The molecule has 0 spiro atoms. The number of aromatic nitrogens is 2. The molecule has 3 rings (SSSR count). The zero-order chi connectivity index (χ0) is 17.5. The van der Waals surface area contributed by atoms with E-state index in [1.807, 2.05) is 0 Å². The van der Waals surface area contributed by atoms with Crippen molar-refractivity contribution >= 4 is 15.7 Å². The van der Waals surface area contributed by atoms with Crippen molar-refractivity contribution in [1.29, 1.82) is 0 Å². The molecule has 0 aliphatic heterocycles. The van der Waals surface area contributed by atoms with Crippen LogP contribution in [-0.2, 0) is 10.0 Å². The molecule has 24 heavy (non-hydrogen) atoms. The van der Waals surface area contributed by atoms with E-state index < -0.39 is 15.8 Å². The molecule has 1 saturated carbocycles. The average Bonchev–Trinajstić information content (AvgIpc) is 3.18. The summed E-state index contributed by atoms with van der Waals surface area (Å²) < 4.78 is 42.4. The Labute approximate surface area is 140 Å². The van der Waals surface area contributed by atoms with Crippen molar-refractivity contribution in [2.75, 3.05) is 11.4 Å². The molecular weight excluding hydrogens is 333 g/mol. The van der Waals surface area contributed by atoms with E-state index in [1.54, 1.807) is 11.6 Å². The number of nitrogens with zero attached hydrogens (tertiary/aromatic N) is 3. The maximum Gasteiger partial charge on any atom is 0.281 e. The highest BCUT2D eigenvalue weighted by molar-refractivity contribution is 7.92. The molecule has 1 aliphatic carbocycles. The van der Waals surface area contributed by atoms with Crippen LogP contribution >= 0.6 is 0 Å². The highest BCUT2D eigenvalue weighted by Gasteiger charge is 2.31. The highest BCUT2D eigenvalue weighted by Crippen LogP contribution is 2.34. The van der Waals surface area contributed by atoms with Crippen LogP contribution in [-0.4, -0.2) is 30.4 Å². The number of halogens is 1. The van der Waals surface area contributed by atoms with Crippen LogP contribution in [0.3, 0.4) is 0 Å². The van der Waals surface area contributed by atoms with Gasteiger partial charge in [-0.15, -0.1) is 0 Å². The van der Waals surface area contributed by atoms with Gasteiger partial charge in [-0.05, 0) is 31.9 Å². The number of phenols is 1. The monoisotopic (exact) mass is 353 g/mol. The van der Waals surface area contributed by atoms with E-state index in [0.29, 0.717) is 5.69 Å². The largest absolute Gasteiger partial charge is 0.508 e. The van der Waals surface area contributed by atoms with Crippen LogP contribution < -0.4 is 4.31 Å². The van der Waals surface area contributed by atoms with Crippen LogP contribution in [0.4, 0.5) is 10.1 Å². The maximum atomic E-state index is 14.0. The standard InChI is InChI=1S/C16H20FN3O3S/c1-11-9-16(20(18-11)12-5-3-4-6-12)24(22,23)19(2)15-10-13(21)7-8-14(15)17/h7-10,12,21H,3-6H2,1-2H3. The summed E-state index contributed by atoms with van der Waals surface area (Å²) in [4.78, 5) is 0. The van der Waals surface area contributed by atoms with E-state index in [9.17, 15) is 17.9 Å². The Kier molecular flexibility index (Phi) is 4.25. The Balaban J connectivity index is 2.06. The zero-order valence-electron chi connectivity index (χ0n) is 13.6. The van der Waals surface area contributed by atoms with E-state index in [-0.39, 0.29) is 22.5 Å². The van der Waals surface area contributed by atoms with Crippen LogP contribution in [0.15, 0.2) is 29.3 Å². The fourth-order valence-electron chi connectivity index (χ4n) is 3.11. The molecule has 6 nitrogen and oxygen atoms in total. The van der Waals surface area contributed by atoms with Crippen LogP contribution in [0.1, 0.15) is 37.4 Å². The molecule has 1 fully saturated rings. The third-order valence-electron chi connectivity index (χ3n) is 4.39. The van der Waals surface area contributed by atoms with Crippen molar-refractivity contribution in [2.45, 2.75) is 43.7 Å². The normalized spacial score (nSPS) is 15.8. The van der Waals surface area contributed by atoms with Crippen molar-refractivity contribution in [1.82, 2.24) is 9.78 Å². The molecule has 1 N–H and O–H groups in total. The van der Waals surface area contributed by atoms with E-state index >= 15 is 0 Å². The zero-order valence-corrected chi connectivity index (χ0v) is 14.4. The minimum Gasteiger partial charge on any atom is -0.508 e. The van der Waals surface area contributed by atoms with Gasteiger partial charge in [-0.25, -0.2) is 9.07 Å². The topological polar surface area (TPSA) is 75.4 Å². The fourth-order valence-corrected chi connectivity index (χ4v) is 4.53. The first-order valence-corrected chi connectivity index (χ1v) is 9.28. The van der Waals surface area contributed by atoms with Gasteiger partial charge in [0.25, 0.3) is 10.0 Å². The molecule has 0 amide bonds. The molecule has 8 heteroatoms. The molecule has 2 aromatic rings. The Hall–Kier alpha value is -2.09. The third kappa shape index (κ3) is 2.86. The number of hydrogen-bond donors (Lipinski definition) is 1. The first-order valence-electron chi connectivity index (χ1n) is 7.84. The van der Waals surface area contributed by atoms with Crippen molar-refractivity contribution < 1.29 is 17.9 Å². The van der Waals surface area contributed by atoms with E-state index in [2.05, 4.69) is 5.10 Å². The van der Waals surface area contributed by atoms with Gasteiger partial charge in [0.15, 0.2) is 5.03 Å².